The van der Waals surface area contributed by atoms with Gasteiger partial charge in [0.1, 0.15) is 5.82 Å². The Hall–Kier alpha value is -3.85. The van der Waals surface area contributed by atoms with Crippen LogP contribution in [0.15, 0.2) is 54.7 Å². The molecule has 1 aliphatic rings. The zero-order valence-corrected chi connectivity index (χ0v) is 17.0. The Morgan fingerprint density at radius 3 is 2.69 bits per heavy atom. The van der Waals surface area contributed by atoms with Crippen LogP contribution in [0, 0.1) is 11.6 Å². The van der Waals surface area contributed by atoms with Gasteiger partial charge in [-0.25, -0.2) is 13.8 Å². The number of rotatable bonds is 4. The maximum Gasteiger partial charge on any atom is 0.276 e. The van der Waals surface area contributed by atoms with Gasteiger partial charge in [0.15, 0.2) is 17.3 Å². The molecule has 3 N–H and O–H groups in total. The molecule has 5 rings (SSSR count). The Bertz CT molecular complexity index is 1280. The first-order valence-electron chi connectivity index (χ1n) is 10.3. The summed E-state index contributed by atoms with van der Waals surface area (Å²) in [5, 5.41) is 13.5. The van der Waals surface area contributed by atoms with Crippen molar-refractivity contribution in [2.75, 3.05) is 36.4 Å². The fraction of sp³-hybridized carbons (Fsp3) is 0.174. The molecule has 0 unspecified atom stereocenters. The van der Waals surface area contributed by atoms with Crippen molar-refractivity contribution in [3.63, 3.8) is 0 Å². The third-order valence-electron chi connectivity index (χ3n) is 5.49. The highest BCUT2D eigenvalue weighted by atomic mass is 19.2. The van der Waals surface area contributed by atoms with Crippen molar-refractivity contribution in [1.82, 2.24) is 20.5 Å². The largest absolute Gasteiger partial charge is 0.354 e. The summed E-state index contributed by atoms with van der Waals surface area (Å²) in [5.74, 6) is -1.43. The number of aromatic amines is 1. The lowest BCUT2D eigenvalue weighted by molar-refractivity contribution is 0.102. The number of aromatic nitrogens is 3. The van der Waals surface area contributed by atoms with Crippen LogP contribution in [0.2, 0.25) is 0 Å². The van der Waals surface area contributed by atoms with Gasteiger partial charge in [0.2, 0.25) is 0 Å². The number of benzene rings is 2. The number of anilines is 2. The molecule has 32 heavy (non-hydrogen) atoms. The fourth-order valence-electron chi connectivity index (χ4n) is 3.81. The van der Waals surface area contributed by atoms with Crippen LogP contribution in [0.1, 0.15) is 10.5 Å². The molecule has 4 aromatic rings. The van der Waals surface area contributed by atoms with Crippen molar-refractivity contribution >= 4 is 28.3 Å². The number of H-pyrrole nitrogens is 1. The number of hydrogen-bond acceptors (Lipinski definition) is 5. The molecule has 1 aliphatic heterocycles. The van der Waals surface area contributed by atoms with Crippen molar-refractivity contribution in [3.05, 3.63) is 72.1 Å². The second kappa shape index (κ2) is 8.35. The first-order valence-corrected chi connectivity index (χ1v) is 10.3. The Balaban J connectivity index is 1.39. The number of fused-ring (bicyclic) bond motifs is 1. The van der Waals surface area contributed by atoms with Crippen molar-refractivity contribution in [2.24, 2.45) is 0 Å². The summed E-state index contributed by atoms with van der Waals surface area (Å²) in [6.07, 6.45) is 1.61. The average Bonchev–Trinajstić information content (AvgIpc) is 3.25. The van der Waals surface area contributed by atoms with E-state index >= 15 is 0 Å². The lowest BCUT2D eigenvalue weighted by Crippen LogP contribution is -2.43. The molecule has 1 amide bonds. The molecule has 0 saturated carbocycles. The molecule has 1 saturated heterocycles. The molecule has 0 spiro atoms. The van der Waals surface area contributed by atoms with Gasteiger partial charge in [0.25, 0.3) is 5.91 Å². The summed E-state index contributed by atoms with van der Waals surface area (Å²) in [4.78, 5) is 19.5. The van der Waals surface area contributed by atoms with Crippen LogP contribution in [0.25, 0.3) is 22.0 Å². The second-order valence-corrected chi connectivity index (χ2v) is 7.53. The van der Waals surface area contributed by atoms with E-state index in [0.29, 0.717) is 22.2 Å². The first-order chi connectivity index (χ1) is 15.6. The number of hydrogen-bond donors (Lipinski definition) is 3. The number of amides is 1. The minimum Gasteiger partial charge on any atom is -0.354 e. The molecule has 0 aliphatic carbocycles. The van der Waals surface area contributed by atoms with Crippen LogP contribution in [0.5, 0.6) is 0 Å². The summed E-state index contributed by atoms with van der Waals surface area (Å²) in [6, 6.07) is 12.6. The maximum absolute atomic E-state index is 14.2. The number of nitrogens with one attached hydrogen (secondary N) is 3. The molecule has 162 valence electrons. The number of piperazine rings is 1. The zero-order chi connectivity index (χ0) is 22.1. The molecule has 3 heterocycles. The number of nitrogens with zero attached hydrogens (tertiary/aromatic N) is 3. The van der Waals surface area contributed by atoms with Crippen LogP contribution in [-0.4, -0.2) is 47.3 Å². The topological polar surface area (TPSA) is 85.9 Å². The second-order valence-electron chi connectivity index (χ2n) is 7.53. The highest BCUT2D eigenvalue weighted by Gasteiger charge is 2.18. The SMILES string of the molecule is O=C(Nc1ccc(N2CCNCC2)nc1)c1n[nH]c2ccc(-c3cccc(F)c3F)cc12. The first kappa shape index (κ1) is 20.1. The van der Waals surface area contributed by atoms with E-state index in [0.717, 1.165) is 38.1 Å². The van der Waals surface area contributed by atoms with E-state index in [1.54, 1.807) is 30.5 Å². The van der Waals surface area contributed by atoms with Crippen LogP contribution >= 0.6 is 0 Å². The zero-order valence-electron chi connectivity index (χ0n) is 17.0. The summed E-state index contributed by atoms with van der Waals surface area (Å²) in [5.41, 5.74) is 1.88. The molecule has 2 aromatic heterocycles. The van der Waals surface area contributed by atoms with Gasteiger partial charge >= 0.3 is 0 Å². The third-order valence-corrected chi connectivity index (χ3v) is 5.49. The third kappa shape index (κ3) is 3.78. The molecular weight excluding hydrogens is 414 g/mol. The molecular formula is C23H20F2N6O. The number of pyridine rings is 1. The lowest BCUT2D eigenvalue weighted by Gasteiger charge is -2.28. The van der Waals surface area contributed by atoms with E-state index in [9.17, 15) is 13.6 Å². The molecule has 0 atom stereocenters. The van der Waals surface area contributed by atoms with Gasteiger partial charge < -0.3 is 15.5 Å². The summed E-state index contributed by atoms with van der Waals surface area (Å²) < 4.78 is 27.9. The molecule has 7 nitrogen and oxygen atoms in total. The summed E-state index contributed by atoms with van der Waals surface area (Å²) in [7, 11) is 0. The lowest BCUT2D eigenvalue weighted by atomic mass is 10.0. The van der Waals surface area contributed by atoms with E-state index in [1.165, 1.54) is 12.1 Å². The van der Waals surface area contributed by atoms with Gasteiger partial charge in [0.05, 0.1) is 17.4 Å². The standard InChI is InChI=1S/C23H20F2N6O/c24-18-3-1-2-16(21(18)25)14-4-6-19-17(12-14)22(30-29-19)23(32)28-15-5-7-20(27-13-15)31-10-8-26-9-11-31/h1-7,12-13,26H,8-11H2,(H,28,32)(H,29,30). The summed E-state index contributed by atoms with van der Waals surface area (Å²) >= 11 is 0. The monoisotopic (exact) mass is 434 g/mol. The average molecular weight is 434 g/mol. The predicted molar refractivity (Wildman–Crippen MR) is 119 cm³/mol. The van der Waals surface area contributed by atoms with Gasteiger partial charge in [0, 0.05) is 37.1 Å². The van der Waals surface area contributed by atoms with E-state index < -0.39 is 17.5 Å². The van der Waals surface area contributed by atoms with Crippen LogP contribution < -0.4 is 15.5 Å². The highest BCUT2D eigenvalue weighted by molar-refractivity contribution is 6.11. The van der Waals surface area contributed by atoms with Crippen molar-refractivity contribution in [3.8, 4) is 11.1 Å². The normalized spacial score (nSPS) is 14.0. The van der Waals surface area contributed by atoms with Gasteiger partial charge in [-0.3, -0.25) is 9.89 Å². The van der Waals surface area contributed by atoms with E-state index in [1.807, 2.05) is 6.07 Å². The highest BCUT2D eigenvalue weighted by Crippen LogP contribution is 2.28. The fourth-order valence-corrected chi connectivity index (χ4v) is 3.81. The predicted octanol–water partition coefficient (Wildman–Crippen LogP) is 3.57. The molecule has 0 radical (unpaired) electrons. The van der Waals surface area contributed by atoms with Crippen LogP contribution in [0.4, 0.5) is 20.3 Å². The van der Waals surface area contributed by atoms with Crippen LogP contribution in [0.3, 0.4) is 0 Å². The Morgan fingerprint density at radius 1 is 1.06 bits per heavy atom. The molecule has 0 bridgehead atoms. The quantitative estimate of drug-likeness (QED) is 0.457. The Labute approximate surface area is 182 Å². The minimum absolute atomic E-state index is 0.118. The van der Waals surface area contributed by atoms with E-state index in [2.05, 4.69) is 30.7 Å². The van der Waals surface area contributed by atoms with Gasteiger partial charge in [-0.2, -0.15) is 5.10 Å². The van der Waals surface area contributed by atoms with Gasteiger partial charge in [-0.05, 0) is 35.9 Å². The van der Waals surface area contributed by atoms with Crippen molar-refractivity contribution < 1.29 is 13.6 Å². The van der Waals surface area contributed by atoms with Crippen molar-refractivity contribution in [2.45, 2.75) is 0 Å². The van der Waals surface area contributed by atoms with E-state index in [4.69, 9.17) is 0 Å². The van der Waals surface area contributed by atoms with Gasteiger partial charge in [-0.15, -0.1) is 0 Å². The smallest absolute Gasteiger partial charge is 0.276 e. The van der Waals surface area contributed by atoms with E-state index in [-0.39, 0.29) is 11.3 Å². The number of carbonyl (C=O) groups is 1. The summed E-state index contributed by atoms with van der Waals surface area (Å²) in [6.45, 7) is 3.58. The molecule has 2 aromatic carbocycles. The maximum atomic E-state index is 14.2. The minimum atomic E-state index is -0.933. The Morgan fingerprint density at radius 2 is 1.91 bits per heavy atom. The number of halogens is 2. The molecule has 9 heteroatoms. The van der Waals surface area contributed by atoms with Gasteiger partial charge in [-0.1, -0.05) is 18.2 Å². The number of carbonyl (C=O) groups excluding carboxylic acids is 1. The Kier molecular flexibility index (Phi) is 5.24. The van der Waals surface area contributed by atoms with Crippen LogP contribution in [-0.2, 0) is 0 Å². The molecule has 1 fully saturated rings. The van der Waals surface area contributed by atoms with Crippen molar-refractivity contribution in [1.29, 1.82) is 0 Å².